The minimum Gasteiger partial charge on any atom is -0.344 e. The summed E-state index contributed by atoms with van der Waals surface area (Å²) in [6, 6.07) is 9.99. The maximum Gasteiger partial charge on any atom is 0.128 e. The molecule has 0 saturated heterocycles. The van der Waals surface area contributed by atoms with Crippen molar-refractivity contribution in [3.05, 3.63) is 53.1 Å². The molecule has 1 aromatic heterocycles. The molecule has 3 heteroatoms. The van der Waals surface area contributed by atoms with E-state index in [-0.39, 0.29) is 6.04 Å². The normalized spacial score (nSPS) is 16.5. The number of aryl methyl sites for hydroxylation is 2. The maximum absolute atomic E-state index is 6.23. The van der Waals surface area contributed by atoms with Crippen LogP contribution in [0.4, 0.5) is 0 Å². The molecule has 0 spiro atoms. The summed E-state index contributed by atoms with van der Waals surface area (Å²) in [6.45, 7) is 0. The van der Waals surface area contributed by atoms with Gasteiger partial charge in [-0.3, -0.25) is 0 Å². The molecule has 1 heterocycles. The lowest BCUT2D eigenvalue weighted by atomic mass is 10.0. The van der Waals surface area contributed by atoms with Crippen LogP contribution in [0.2, 0.25) is 0 Å². The standard InChI is InChI=1S/C14H17N3/c15-13(10-6-2-1-3-7-10)14-16-11-8-4-5-9-12(11)17-14/h1-3,6-7,13H,4-5,8-9,15H2,(H,16,17)/t13-/m1/s1. The molecule has 0 bridgehead atoms. The Kier molecular flexibility index (Phi) is 2.69. The number of nitrogens with zero attached hydrogens (tertiary/aromatic N) is 1. The van der Waals surface area contributed by atoms with E-state index in [0.29, 0.717) is 0 Å². The fourth-order valence-electron chi connectivity index (χ4n) is 2.44. The summed E-state index contributed by atoms with van der Waals surface area (Å²) in [4.78, 5) is 8.04. The molecule has 17 heavy (non-hydrogen) atoms. The fraction of sp³-hybridized carbons (Fsp3) is 0.357. The molecule has 0 amide bonds. The number of fused-ring (bicyclic) bond motifs is 1. The Labute approximate surface area is 101 Å². The van der Waals surface area contributed by atoms with E-state index in [4.69, 9.17) is 5.73 Å². The molecule has 1 aromatic carbocycles. The molecule has 2 aromatic rings. The van der Waals surface area contributed by atoms with Crippen LogP contribution in [-0.4, -0.2) is 9.97 Å². The van der Waals surface area contributed by atoms with Gasteiger partial charge in [-0.2, -0.15) is 0 Å². The molecule has 0 aliphatic heterocycles. The predicted molar refractivity (Wildman–Crippen MR) is 67.7 cm³/mol. The Morgan fingerprint density at radius 1 is 1.12 bits per heavy atom. The van der Waals surface area contributed by atoms with Crippen molar-refractivity contribution in [3.63, 3.8) is 0 Å². The highest BCUT2D eigenvalue weighted by Gasteiger charge is 2.18. The van der Waals surface area contributed by atoms with E-state index in [0.717, 1.165) is 24.2 Å². The van der Waals surface area contributed by atoms with E-state index < -0.39 is 0 Å². The van der Waals surface area contributed by atoms with Gasteiger partial charge >= 0.3 is 0 Å². The van der Waals surface area contributed by atoms with Crippen molar-refractivity contribution in [1.82, 2.24) is 9.97 Å². The first kappa shape index (κ1) is 10.5. The quantitative estimate of drug-likeness (QED) is 0.827. The molecule has 1 atom stereocenters. The second kappa shape index (κ2) is 4.34. The zero-order chi connectivity index (χ0) is 11.7. The molecule has 3 N–H and O–H groups in total. The second-order valence-electron chi connectivity index (χ2n) is 4.64. The van der Waals surface area contributed by atoms with E-state index in [2.05, 4.69) is 9.97 Å². The number of rotatable bonds is 2. The number of benzene rings is 1. The Balaban J connectivity index is 1.91. The number of hydrogen-bond donors (Lipinski definition) is 2. The van der Waals surface area contributed by atoms with Crippen LogP contribution in [0.1, 0.15) is 41.7 Å². The summed E-state index contributed by atoms with van der Waals surface area (Å²) >= 11 is 0. The van der Waals surface area contributed by atoms with Gasteiger partial charge in [0.15, 0.2) is 0 Å². The third-order valence-corrected chi connectivity index (χ3v) is 3.43. The smallest absolute Gasteiger partial charge is 0.128 e. The van der Waals surface area contributed by atoms with Gasteiger partial charge in [0.05, 0.1) is 11.7 Å². The van der Waals surface area contributed by atoms with Crippen molar-refractivity contribution in [1.29, 1.82) is 0 Å². The predicted octanol–water partition coefficient (Wildman–Crippen LogP) is 2.34. The van der Waals surface area contributed by atoms with Crippen LogP contribution in [0.15, 0.2) is 30.3 Å². The molecule has 88 valence electrons. The van der Waals surface area contributed by atoms with Gasteiger partial charge in [-0.15, -0.1) is 0 Å². The molecule has 0 fully saturated rings. The van der Waals surface area contributed by atoms with Crippen LogP contribution in [0, 0.1) is 0 Å². The first-order valence-corrected chi connectivity index (χ1v) is 6.23. The minimum atomic E-state index is -0.137. The number of aromatic amines is 1. The molecule has 1 aliphatic rings. The third kappa shape index (κ3) is 1.98. The van der Waals surface area contributed by atoms with Crippen molar-refractivity contribution in [2.45, 2.75) is 31.7 Å². The lowest BCUT2D eigenvalue weighted by molar-refractivity contribution is 0.667. The number of hydrogen-bond acceptors (Lipinski definition) is 2. The molecule has 0 unspecified atom stereocenters. The van der Waals surface area contributed by atoms with Gasteiger partial charge in [-0.05, 0) is 31.2 Å². The lowest BCUT2D eigenvalue weighted by Gasteiger charge is -2.08. The fourth-order valence-corrected chi connectivity index (χ4v) is 2.44. The van der Waals surface area contributed by atoms with Crippen molar-refractivity contribution < 1.29 is 0 Å². The van der Waals surface area contributed by atoms with Crippen LogP contribution in [0.5, 0.6) is 0 Å². The van der Waals surface area contributed by atoms with E-state index in [1.807, 2.05) is 30.3 Å². The summed E-state index contributed by atoms with van der Waals surface area (Å²) in [5, 5.41) is 0. The SMILES string of the molecule is N[C@H](c1ccccc1)c1nc2c([nH]1)CCCC2. The van der Waals surface area contributed by atoms with E-state index in [1.165, 1.54) is 24.2 Å². The first-order valence-electron chi connectivity index (χ1n) is 6.23. The highest BCUT2D eigenvalue weighted by Crippen LogP contribution is 2.23. The van der Waals surface area contributed by atoms with E-state index in [1.54, 1.807) is 0 Å². The van der Waals surface area contributed by atoms with Gasteiger partial charge in [-0.25, -0.2) is 4.98 Å². The highest BCUT2D eigenvalue weighted by molar-refractivity contribution is 5.27. The van der Waals surface area contributed by atoms with Gasteiger partial charge in [0.25, 0.3) is 0 Å². The molecule has 1 aliphatic carbocycles. The molecule has 3 rings (SSSR count). The number of aromatic nitrogens is 2. The summed E-state index contributed by atoms with van der Waals surface area (Å²) in [5.41, 5.74) is 9.85. The largest absolute Gasteiger partial charge is 0.344 e. The molecular weight excluding hydrogens is 210 g/mol. The summed E-state index contributed by atoms with van der Waals surface area (Å²) < 4.78 is 0. The van der Waals surface area contributed by atoms with Gasteiger partial charge in [0.1, 0.15) is 5.82 Å². The van der Waals surface area contributed by atoms with Gasteiger partial charge < -0.3 is 10.7 Å². The average molecular weight is 227 g/mol. The maximum atomic E-state index is 6.23. The van der Waals surface area contributed by atoms with E-state index >= 15 is 0 Å². The second-order valence-corrected chi connectivity index (χ2v) is 4.64. The Bertz CT molecular complexity index is 478. The van der Waals surface area contributed by atoms with Crippen LogP contribution in [-0.2, 0) is 12.8 Å². The number of nitrogens with two attached hydrogens (primary N) is 1. The third-order valence-electron chi connectivity index (χ3n) is 3.43. The van der Waals surface area contributed by atoms with Gasteiger partial charge in [0.2, 0.25) is 0 Å². The first-order chi connectivity index (χ1) is 8.34. The van der Waals surface area contributed by atoms with Gasteiger partial charge in [0, 0.05) is 5.69 Å². The highest BCUT2D eigenvalue weighted by atomic mass is 15.0. The van der Waals surface area contributed by atoms with Crippen LogP contribution in [0.25, 0.3) is 0 Å². The van der Waals surface area contributed by atoms with Crippen LogP contribution in [0.3, 0.4) is 0 Å². The van der Waals surface area contributed by atoms with Crippen LogP contribution >= 0.6 is 0 Å². The molecule has 0 radical (unpaired) electrons. The monoisotopic (exact) mass is 227 g/mol. The number of imidazole rings is 1. The Morgan fingerprint density at radius 3 is 2.65 bits per heavy atom. The van der Waals surface area contributed by atoms with Crippen LogP contribution < -0.4 is 5.73 Å². The average Bonchev–Trinajstić information content (AvgIpc) is 2.82. The topological polar surface area (TPSA) is 54.7 Å². The Morgan fingerprint density at radius 2 is 1.88 bits per heavy atom. The zero-order valence-corrected chi connectivity index (χ0v) is 9.82. The van der Waals surface area contributed by atoms with Crippen molar-refractivity contribution in [2.24, 2.45) is 5.73 Å². The molecule has 3 nitrogen and oxygen atoms in total. The molecular formula is C14H17N3. The number of H-pyrrole nitrogens is 1. The lowest BCUT2D eigenvalue weighted by Crippen LogP contribution is -2.13. The van der Waals surface area contributed by atoms with Crippen molar-refractivity contribution >= 4 is 0 Å². The number of nitrogens with one attached hydrogen (secondary N) is 1. The zero-order valence-electron chi connectivity index (χ0n) is 9.82. The summed E-state index contributed by atoms with van der Waals surface area (Å²) in [6.07, 6.45) is 4.71. The minimum absolute atomic E-state index is 0.137. The van der Waals surface area contributed by atoms with Gasteiger partial charge in [-0.1, -0.05) is 30.3 Å². The van der Waals surface area contributed by atoms with E-state index in [9.17, 15) is 0 Å². The van der Waals surface area contributed by atoms with Crippen molar-refractivity contribution in [2.75, 3.05) is 0 Å². The summed E-state index contributed by atoms with van der Waals surface area (Å²) in [5.74, 6) is 0.906. The Hall–Kier alpha value is -1.61. The summed E-state index contributed by atoms with van der Waals surface area (Å²) in [7, 11) is 0. The van der Waals surface area contributed by atoms with Crippen molar-refractivity contribution in [3.8, 4) is 0 Å². The molecule has 0 saturated carbocycles.